The van der Waals surface area contributed by atoms with E-state index >= 15 is 0 Å². The van der Waals surface area contributed by atoms with Crippen LogP contribution in [0, 0.1) is 11.3 Å². The molecular weight excluding hydrogens is 286 g/mol. The van der Waals surface area contributed by atoms with Gasteiger partial charge in [0.1, 0.15) is 0 Å². The predicted octanol–water partition coefficient (Wildman–Crippen LogP) is 2.58. The molecule has 112 valence electrons. The molecule has 0 heterocycles. The maximum Gasteiger partial charge on any atom is 0.305 e. The molecule has 0 aliphatic rings. The minimum atomic E-state index is -0.169. The number of nitrogens with one attached hydrogen (secondary N) is 2. The first-order chi connectivity index (χ1) is 10.2. The van der Waals surface area contributed by atoms with Crippen molar-refractivity contribution in [2.75, 3.05) is 19.0 Å². The third kappa shape index (κ3) is 7.28. The number of carbonyl (C=O) groups is 1. The number of ether oxygens (including phenoxy) is 1. The first-order valence-electron chi connectivity index (χ1n) is 6.77. The van der Waals surface area contributed by atoms with E-state index in [1.54, 1.807) is 18.2 Å². The molecule has 0 radical (unpaired) electrons. The molecule has 0 saturated heterocycles. The summed E-state index contributed by atoms with van der Waals surface area (Å²) >= 11 is 5.17. The summed E-state index contributed by atoms with van der Waals surface area (Å²) in [6, 6.07) is 9.21. The van der Waals surface area contributed by atoms with Gasteiger partial charge in [-0.3, -0.25) is 4.79 Å². The molecule has 0 amide bonds. The maximum absolute atomic E-state index is 10.9. The van der Waals surface area contributed by atoms with Gasteiger partial charge in [0.15, 0.2) is 5.11 Å². The Morgan fingerprint density at radius 1 is 1.38 bits per heavy atom. The molecule has 0 atom stereocenters. The highest BCUT2D eigenvalue weighted by Crippen LogP contribution is 2.09. The van der Waals surface area contributed by atoms with Gasteiger partial charge < -0.3 is 15.4 Å². The lowest BCUT2D eigenvalue weighted by Gasteiger charge is -2.10. The van der Waals surface area contributed by atoms with Crippen LogP contribution in [0.1, 0.15) is 31.2 Å². The van der Waals surface area contributed by atoms with Crippen LogP contribution in [0.2, 0.25) is 0 Å². The molecule has 0 spiro atoms. The van der Waals surface area contributed by atoms with Gasteiger partial charge in [-0.05, 0) is 43.3 Å². The lowest BCUT2D eigenvalue weighted by Crippen LogP contribution is -2.29. The van der Waals surface area contributed by atoms with Gasteiger partial charge in [0, 0.05) is 18.7 Å². The van der Waals surface area contributed by atoms with Crippen LogP contribution in [-0.4, -0.2) is 24.7 Å². The minimum Gasteiger partial charge on any atom is -0.469 e. The molecule has 2 N–H and O–H groups in total. The van der Waals surface area contributed by atoms with Gasteiger partial charge in [0.2, 0.25) is 0 Å². The molecule has 0 saturated carbocycles. The highest BCUT2D eigenvalue weighted by molar-refractivity contribution is 7.80. The van der Waals surface area contributed by atoms with E-state index in [1.807, 2.05) is 6.07 Å². The Labute approximate surface area is 130 Å². The first kappa shape index (κ1) is 16.9. The molecule has 21 heavy (non-hydrogen) atoms. The molecule has 0 aromatic heterocycles. The van der Waals surface area contributed by atoms with Crippen molar-refractivity contribution in [1.29, 1.82) is 5.26 Å². The SMILES string of the molecule is COC(=O)CCCCCNC(=S)Nc1cccc(C#N)c1. The number of thiocarbonyl (C=S) groups is 1. The summed E-state index contributed by atoms with van der Waals surface area (Å²) in [6.07, 6.45) is 3.14. The van der Waals surface area contributed by atoms with Crippen molar-refractivity contribution in [3.8, 4) is 6.07 Å². The fourth-order valence-corrected chi connectivity index (χ4v) is 1.94. The van der Waals surface area contributed by atoms with Crippen LogP contribution < -0.4 is 10.6 Å². The van der Waals surface area contributed by atoms with Gasteiger partial charge >= 0.3 is 5.97 Å². The van der Waals surface area contributed by atoms with Crippen LogP contribution in [-0.2, 0) is 9.53 Å². The highest BCUT2D eigenvalue weighted by Gasteiger charge is 2.00. The molecule has 0 unspecified atom stereocenters. The number of methoxy groups -OCH3 is 1. The fourth-order valence-electron chi connectivity index (χ4n) is 1.72. The number of esters is 1. The summed E-state index contributed by atoms with van der Waals surface area (Å²) in [5.41, 5.74) is 1.38. The summed E-state index contributed by atoms with van der Waals surface area (Å²) in [5, 5.41) is 15.5. The zero-order valence-electron chi connectivity index (χ0n) is 12.0. The third-order valence-electron chi connectivity index (χ3n) is 2.82. The van der Waals surface area contributed by atoms with Crippen molar-refractivity contribution in [2.24, 2.45) is 0 Å². The number of nitrogens with zero attached hydrogens (tertiary/aromatic N) is 1. The average Bonchev–Trinajstić information content (AvgIpc) is 2.50. The van der Waals surface area contributed by atoms with E-state index in [0.29, 0.717) is 17.1 Å². The number of carbonyl (C=O) groups excluding carboxylic acids is 1. The molecule has 5 nitrogen and oxygen atoms in total. The van der Waals surface area contributed by atoms with E-state index in [0.717, 1.165) is 31.5 Å². The van der Waals surface area contributed by atoms with Crippen molar-refractivity contribution in [3.63, 3.8) is 0 Å². The summed E-state index contributed by atoms with van der Waals surface area (Å²) in [6.45, 7) is 0.741. The van der Waals surface area contributed by atoms with Gasteiger partial charge in [0.05, 0.1) is 18.7 Å². The lowest BCUT2D eigenvalue weighted by atomic mass is 10.2. The van der Waals surface area contributed by atoms with Crippen LogP contribution in [0.3, 0.4) is 0 Å². The summed E-state index contributed by atoms with van der Waals surface area (Å²) in [4.78, 5) is 10.9. The van der Waals surface area contributed by atoms with Gasteiger partial charge in [-0.15, -0.1) is 0 Å². The normalized spacial score (nSPS) is 9.52. The van der Waals surface area contributed by atoms with Gasteiger partial charge in [0.25, 0.3) is 0 Å². The fraction of sp³-hybridized carbons (Fsp3) is 0.400. The standard InChI is InChI=1S/C15H19N3O2S/c1-20-14(19)8-3-2-4-9-17-15(21)18-13-7-5-6-12(10-13)11-16/h5-7,10H,2-4,8-9H2,1H3,(H2,17,18,21). The smallest absolute Gasteiger partial charge is 0.305 e. The van der Waals surface area contributed by atoms with Crippen LogP contribution in [0.5, 0.6) is 0 Å². The molecule has 0 aliphatic heterocycles. The molecule has 0 bridgehead atoms. The summed E-state index contributed by atoms with van der Waals surface area (Å²) in [5.74, 6) is -0.169. The van der Waals surface area contributed by atoms with E-state index in [1.165, 1.54) is 7.11 Å². The van der Waals surface area contributed by atoms with Gasteiger partial charge in [-0.25, -0.2) is 0 Å². The van der Waals surface area contributed by atoms with Crippen molar-refractivity contribution >= 4 is 29.0 Å². The van der Waals surface area contributed by atoms with E-state index in [2.05, 4.69) is 21.4 Å². The Bertz CT molecular complexity index is 526. The highest BCUT2D eigenvalue weighted by atomic mass is 32.1. The molecule has 0 aliphatic carbocycles. The first-order valence-corrected chi connectivity index (χ1v) is 7.18. The van der Waals surface area contributed by atoms with Crippen LogP contribution in [0.25, 0.3) is 0 Å². The van der Waals surface area contributed by atoms with E-state index in [9.17, 15) is 4.79 Å². The number of nitriles is 1. The molecule has 0 fully saturated rings. The van der Waals surface area contributed by atoms with Crippen LogP contribution >= 0.6 is 12.2 Å². The second-order valence-electron chi connectivity index (χ2n) is 4.46. The number of rotatable bonds is 7. The second kappa shape index (κ2) is 9.72. The van der Waals surface area contributed by atoms with Crippen molar-refractivity contribution in [1.82, 2.24) is 5.32 Å². The second-order valence-corrected chi connectivity index (χ2v) is 4.87. The molecule has 1 aromatic rings. The topological polar surface area (TPSA) is 74.2 Å². The maximum atomic E-state index is 10.9. The van der Waals surface area contributed by atoms with E-state index in [-0.39, 0.29) is 5.97 Å². The Morgan fingerprint density at radius 2 is 2.19 bits per heavy atom. The molecule has 1 aromatic carbocycles. The summed E-state index contributed by atoms with van der Waals surface area (Å²) in [7, 11) is 1.40. The number of unbranched alkanes of at least 4 members (excludes halogenated alkanes) is 2. The average molecular weight is 305 g/mol. The Morgan fingerprint density at radius 3 is 2.90 bits per heavy atom. The van der Waals surface area contributed by atoms with Gasteiger partial charge in [-0.2, -0.15) is 5.26 Å². The molecular formula is C15H19N3O2S. The Kier molecular flexibility index (Phi) is 7.84. The summed E-state index contributed by atoms with van der Waals surface area (Å²) < 4.78 is 4.57. The zero-order chi connectivity index (χ0) is 15.5. The van der Waals surface area contributed by atoms with Crippen LogP contribution in [0.15, 0.2) is 24.3 Å². The number of hydrogen-bond donors (Lipinski definition) is 2. The van der Waals surface area contributed by atoms with E-state index in [4.69, 9.17) is 17.5 Å². The number of anilines is 1. The molecule has 1 rings (SSSR count). The number of hydrogen-bond acceptors (Lipinski definition) is 4. The molecule has 6 heteroatoms. The Hall–Kier alpha value is -2.13. The van der Waals surface area contributed by atoms with Crippen molar-refractivity contribution in [3.05, 3.63) is 29.8 Å². The van der Waals surface area contributed by atoms with Crippen molar-refractivity contribution < 1.29 is 9.53 Å². The third-order valence-corrected chi connectivity index (χ3v) is 3.07. The zero-order valence-corrected chi connectivity index (χ0v) is 12.8. The predicted molar refractivity (Wildman–Crippen MR) is 85.9 cm³/mol. The quantitative estimate of drug-likeness (QED) is 0.458. The Balaban J connectivity index is 2.17. The largest absolute Gasteiger partial charge is 0.469 e. The van der Waals surface area contributed by atoms with Gasteiger partial charge in [-0.1, -0.05) is 12.5 Å². The number of benzene rings is 1. The lowest BCUT2D eigenvalue weighted by molar-refractivity contribution is -0.140. The van der Waals surface area contributed by atoms with Crippen LogP contribution in [0.4, 0.5) is 5.69 Å². The minimum absolute atomic E-state index is 0.169. The van der Waals surface area contributed by atoms with Crippen molar-refractivity contribution in [2.45, 2.75) is 25.7 Å². The monoisotopic (exact) mass is 305 g/mol. The van der Waals surface area contributed by atoms with E-state index < -0.39 is 0 Å².